The fourth-order valence-corrected chi connectivity index (χ4v) is 1.02. The Hall–Kier alpha value is -1.29. The van der Waals surface area contributed by atoms with Crippen LogP contribution in [0.25, 0.3) is 0 Å². The summed E-state index contributed by atoms with van der Waals surface area (Å²) in [5.74, 6) is -0.124. The summed E-state index contributed by atoms with van der Waals surface area (Å²) in [6.45, 7) is 2.20. The van der Waals surface area contributed by atoms with Crippen molar-refractivity contribution in [2.45, 2.75) is 19.5 Å². The number of nitrogens with two attached hydrogens (primary N) is 1. The highest BCUT2D eigenvalue weighted by Gasteiger charge is 2.06. The van der Waals surface area contributed by atoms with Gasteiger partial charge in [-0.3, -0.25) is 4.79 Å². The Labute approximate surface area is 77.7 Å². The zero-order valence-electron chi connectivity index (χ0n) is 7.95. The summed E-state index contributed by atoms with van der Waals surface area (Å²) in [4.78, 5) is 11.1. The third kappa shape index (κ3) is 2.59. The van der Waals surface area contributed by atoms with E-state index < -0.39 is 6.04 Å². The van der Waals surface area contributed by atoms with Crippen LogP contribution in [0.2, 0.25) is 0 Å². The molecule has 0 saturated heterocycles. The number of rotatable bonds is 3. The first kappa shape index (κ1) is 9.80. The number of hydrogen-bond donors (Lipinski definition) is 2. The van der Waals surface area contributed by atoms with E-state index >= 15 is 0 Å². The summed E-state index contributed by atoms with van der Waals surface area (Å²) in [7, 11) is 1.94. The number of carbonyl (C=O) groups is 1. The molecule has 0 aliphatic carbocycles. The lowest BCUT2D eigenvalue weighted by atomic mass is 10.3. The minimum Gasteiger partial charge on any atom is -0.353 e. The van der Waals surface area contributed by atoms with Crippen molar-refractivity contribution in [3.05, 3.63) is 24.0 Å². The van der Waals surface area contributed by atoms with Crippen molar-refractivity contribution in [3.63, 3.8) is 0 Å². The number of nitrogens with one attached hydrogen (secondary N) is 1. The zero-order valence-corrected chi connectivity index (χ0v) is 7.95. The number of carbonyl (C=O) groups excluding carboxylic acids is 1. The summed E-state index contributed by atoms with van der Waals surface area (Å²) in [6.07, 6.45) is 1.94. The fourth-order valence-electron chi connectivity index (χ4n) is 1.02. The molecule has 4 heteroatoms. The van der Waals surface area contributed by atoms with Gasteiger partial charge in [-0.2, -0.15) is 0 Å². The molecule has 0 unspecified atom stereocenters. The smallest absolute Gasteiger partial charge is 0.236 e. The molecule has 1 rings (SSSR count). The quantitative estimate of drug-likeness (QED) is 0.689. The number of aromatic nitrogens is 1. The van der Waals surface area contributed by atoms with E-state index in [0.717, 1.165) is 5.69 Å². The molecule has 1 atom stereocenters. The molecule has 0 radical (unpaired) electrons. The molecule has 0 spiro atoms. The van der Waals surface area contributed by atoms with Crippen LogP contribution in [-0.4, -0.2) is 16.5 Å². The van der Waals surface area contributed by atoms with Gasteiger partial charge in [0.05, 0.1) is 12.6 Å². The predicted octanol–water partition coefficient (Wildman–Crippen LogP) is -0.0115. The average molecular weight is 181 g/mol. The lowest BCUT2D eigenvalue weighted by Crippen LogP contribution is -2.38. The standard InChI is InChI=1S/C9H15N3O/c1-7(10)9(13)11-6-8-4-3-5-12(8)2/h3-5,7H,6,10H2,1-2H3,(H,11,13)/t7-/m0/s1. The summed E-state index contributed by atoms with van der Waals surface area (Å²) in [5, 5.41) is 2.74. The Morgan fingerprint density at radius 1 is 1.77 bits per heavy atom. The first-order valence-corrected chi connectivity index (χ1v) is 4.24. The van der Waals surface area contributed by atoms with Gasteiger partial charge < -0.3 is 15.6 Å². The van der Waals surface area contributed by atoms with Crippen LogP contribution in [0.1, 0.15) is 12.6 Å². The van der Waals surface area contributed by atoms with Gasteiger partial charge in [0.2, 0.25) is 5.91 Å². The van der Waals surface area contributed by atoms with Crippen molar-refractivity contribution in [3.8, 4) is 0 Å². The maximum Gasteiger partial charge on any atom is 0.236 e. The van der Waals surface area contributed by atoms with E-state index in [1.807, 2.05) is 29.9 Å². The number of aryl methyl sites for hydroxylation is 1. The highest BCUT2D eigenvalue weighted by Crippen LogP contribution is 1.98. The number of hydrogen-bond acceptors (Lipinski definition) is 2. The second-order valence-corrected chi connectivity index (χ2v) is 3.12. The molecular formula is C9H15N3O. The Bertz CT molecular complexity index is 291. The molecule has 4 nitrogen and oxygen atoms in total. The summed E-state index contributed by atoms with van der Waals surface area (Å²) < 4.78 is 1.96. The molecule has 72 valence electrons. The highest BCUT2D eigenvalue weighted by atomic mass is 16.2. The van der Waals surface area contributed by atoms with Crippen LogP contribution in [-0.2, 0) is 18.4 Å². The van der Waals surface area contributed by atoms with Gasteiger partial charge in [0, 0.05) is 18.9 Å². The first-order chi connectivity index (χ1) is 6.11. The summed E-state index contributed by atoms with van der Waals surface area (Å²) in [6, 6.07) is 3.45. The Balaban J connectivity index is 2.44. The molecular weight excluding hydrogens is 166 g/mol. The van der Waals surface area contributed by atoms with Crippen molar-refractivity contribution in [2.24, 2.45) is 12.8 Å². The van der Waals surface area contributed by atoms with Gasteiger partial charge in [0.25, 0.3) is 0 Å². The summed E-state index contributed by atoms with van der Waals surface area (Å²) in [5.41, 5.74) is 6.46. The van der Waals surface area contributed by atoms with Crippen molar-refractivity contribution in [2.75, 3.05) is 0 Å². The maximum atomic E-state index is 11.1. The van der Waals surface area contributed by atoms with E-state index in [0.29, 0.717) is 6.54 Å². The average Bonchev–Trinajstić information content (AvgIpc) is 2.47. The van der Waals surface area contributed by atoms with Crippen LogP contribution in [0.4, 0.5) is 0 Å². The lowest BCUT2D eigenvalue weighted by molar-refractivity contribution is -0.122. The van der Waals surface area contributed by atoms with E-state index in [-0.39, 0.29) is 5.91 Å². The summed E-state index contributed by atoms with van der Waals surface area (Å²) >= 11 is 0. The van der Waals surface area contributed by atoms with E-state index in [4.69, 9.17) is 5.73 Å². The van der Waals surface area contributed by atoms with E-state index in [1.165, 1.54) is 0 Å². The Morgan fingerprint density at radius 2 is 2.46 bits per heavy atom. The van der Waals surface area contributed by atoms with Crippen LogP contribution in [0, 0.1) is 0 Å². The normalized spacial score (nSPS) is 12.5. The molecule has 1 amide bonds. The molecule has 0 bridgehead atoms. The Morgan fingerprint density at radius 3 is 2.92 bits per heavy atom. The van der Waals surface area contributed by atoms with E-state index in [1.54, 1.807) is 6.92 Å². The molecule has 13 heavy (non-hydrogen) atoms. The predicted molar refractivity (Wildman–Crippen MR) is 50.9 cm³/mol. The third-order valence-corrected chi connectivity index (χ3v) is 1.91. The van der Waals surface area contributed by atoms with Crippen LogP contribution in [0.5, 0.6) is 0 Å². The monoisotopic (exact) mass is 181 g/mol. The van der Waals surface area contributed by atoms with Crippen LogP contribution >= 0.6 is 0 Å². The van der Waals surface area contributed by atoms with Crippen LogP contribution in [0.15, 0.2) is 18.3 Å². The second kappa shape index (κ2) is 4.09. The molecule has 0 aliphatic heterocycles. The maximum absolute atomic E-state index is 11.1. The van der Waals surface area contributed by atoms with Gasteiger partial charge >= 0.3 is 0 Å². The largest absolute Gasteiger partial charge is 0.353 e. The van der Waals surface area contributed by atoms with Gasteiger partial charge in [-0.05, 0) is 19.1 Å². The van der Waals surface area contributed by atoms with Gasteiger partial charge in [0.1, 0.15) is 0 Å². The topological polar surface area (TPSA) is 60.1 Å². The molecule has 0 fully saturated rings. The molecule has 0 aromatic carbocycles. The Kier molecular flexibility index (Phi) is 3.08. The van der Waals surface area contributed by atoms with Crippen LogP contribution < -0.4 is 11.1 Å². The highest BCUT2D eigenvalue weighted by molar-refractivity contribution is 5.80. The molecule has 1 aromatic rings. The van der Waals surface area contributed by atoms with Gasteiger partial charge in [0.15, 0.2) is 0 Å². The molecule has 0 saturated carbocycles. The van der Waals surface area contributed by atoms with Crippen molar-refractivity contribution in [1.29, 1.82) is 0 Å². The van der Waals surface area contributed by atoms with Gasteiger partial charge in [-0.25, -0.2) is 0 Å². The van der Waals surface area contributed by atoms with E-state index in [9.17, 15) is 4.79 Å². The zero-order chi connectivity index (χ0) is 9.84. The van der Waals surface area contributed by atoms with E-state index in [2.05, 4.69) is 5.32 Å². The molecule has 1 heterocycles. The number of amides is 1. The molecule has 0 aliphatic rings. The van der Waals surface area contributed by atoms with Gasteiger partial charge in [-0.15, -0.1) is 0 Å². The minimum atomic E-state index is -0.444. The first-order valence-electron chi connectivity index (χ1n) is 4.24. The lowest BCUT2D eigenvalue weighted by Gasteiger charge is -2.08. The molecule has 1 aromatic heterocycles. The SMILES string of the molecule is C[C@H](N)C(=O)NCc1cccn1C. The number of nitrogens with zero attached hydrogens (tertiary/aromatic N) is 1. The fraction of sp³-hybridized carbons (Fsp3) is 0.444. The van der Waals surface area contributed by atoms with Crippen LogP contribution in [0.3, 0.4) is 0 Å². The van der Waals surface area contributed by atoms with Crippen molar-refractivity contribution < 1.29 is 4.79 Å². The third-order valence-electron chi connectivity index (χ3n) is 1.91. The second-order valence-electron chi connectivity index (χ2n) is 3.12. The van der Waals surface area contributed by atoms with Crippen molar-refractivity contribution in [1.82, 2.24) is 9.88 Å². The molecule has 3 N–H and O–H groups in total. The van der Waals surface area contributed by atoms with Crippen molar-refractivity contribution >= 4 is 5.91 Å². The minimum absolute atomic E-state index is 0.124. The van der Waals surface area contributed by atoms with Gasteiger partial charge in [-0.1, -0.05) is 0 Å².